The minimum absolute atomic E-state index is 0.636. The summed E-state index contributed by atoms with van der Waals surface area (Å²) in [5.41, 5.74) is 6.50. The highest BCUT2D eigenvalue weighted by molar-refractivity contribution is 7.08. The van der Waals surface area contributed by atoms with E-state index in [4.69, 9.17) is 5.73 Å². The van der Waals surface area contributed by atoms with Crippen molar-refractivity contribution in [2.45, 2.75) is 0 Å². The van der Waals surface area contributed by atoms with Crippen LogP contribution in [0.5, 0.6) is 0 Å². The molecule has 0 saturated heterocycles. The van der Waals surface area contributed by atoms with E-state index in [2.05, 4.69) is 11.4 Å². The third kappa shape index (κ3) is 1.32. The summed E-state index contributed by atoms with van der Waals surface area (Å²) in [5.74, 6) is 0. The zero-order valence-electron chi connectivity index (χ0n) is 4.50. The minimum atomic E-state index is 0.636. The number of thiophene rings is 1. The van der Waals surface area contributed by atoms with Crippen molar-refractivity contribution in [1.82, 2.24) is 0 Å². The molecule has 0 unspecified atom stereocenters. The Hall–Kier alpha value is -0.340. The van der Waals surface area contributed by atoms with Crippen LogP contribution >= 0.6 is 11.3 Å². The van der Waals surface area contributed by atoms with E-state index in [0.717, 1.165) is 0 Å². The maximum Gasteiger partial charge on any atom is 0.00506 e. The fraction of sp³-hybridized carbons (Fsp3) is 0.167. The highest BCUT2D eigenvalue weighted by atomic mass is 32.1. The fourth-order valence-electron chi connectivity index (χ4n) is 0.527. The minimum Gasteiger partial charge on any atom is -0.330 e. The number of hydrogen-bond acceptors (Lipinski definition) is 2. The van der Waals surface area contributed by atoms with Crippen LogP contribution in [0.15, 0.2) is 16.8 Å². The molecular formula is C6H8NS. The van der Waals surface area contributed by atoms with E-state index in [9.17, 15) is 0 Å². The predicted octanol–water partition coefficient (Wildman–Crippen LogP) is 1.26. The molecule has 0 saturated carbocycles. The molecule has 0 bridgehead atoms. The van der Waals surface area contributed by atoms with Crippen molar-refractivity contribution < 1.29 is 0 Å². The molecule has 0 amide bonds. The molecular weight excluding hydrogens is 118 g/mol. The Balaban J connectivity index is 2.50. The second kappa shape index (κ2) is 2.84. The van der Waals surface area contributed by atoms with Crippen molar-refractivity contribution in [2.75, 3.05) is 6.54 Å². The average Bonchev–Trinajstić information content (AvgIpc) is 2.19. The lowest BCUT2D eigenvalue weighted by Crippen LogP contribution is -1.98. The van der Waals surface area contributed by atoms with Crippen LogP contribution in [0, 0.1) is 6.42 Å². The van der Waals surface area contributed by atoms with Crippen LogP contribution in [-0.4, -0.2) is 6.54 Å². The largest absolute Gasteiger partial charge is 0.330 e. The van der Waals surface area contributed by atoms with E-state index in [1.54, 1.807) is 11.3 Å². The lowest BCUT2D eigenvalue weighted by molar-refractivity contribution is 1.17. The number of rotatable bonds is 2. The van der Waals surface area contributed by atoms with Gasteiger partial charge in [-0.1, -0.05) is 0 Å². The first-order valence-corrected chi connectivity index (χ1v) is 3.43. The molecule has 43 valence electrons. The van der Waals surface area contributed by atoms with Crippen molar-refractivity contribution in [3.63, 3.8) is 0 Å². The van der Waals surface area contributed by atoms with Gasteiger partial charge in [-0.3, -0.25) is 0 Å². The smallest absolute Gasteiger partial charge is 0.00506 e. The molecule has 1 aromatic rings. The van der Waals surface area contributed by atoms with Gasteiger partial charge in [-0.25, -0.2) is 0 Å². The normalized spacial score (nSPS) is 9.62. The highest BCUT2D eigenvalue weighted by Crippen LogP contribution is 2.06. The average molecular weight is 126 g/mol. The highest BCUT2D eigenvalue weighted by Gasteiger charge is 1.87. The van der Waals surface area contributed by atoms with Crippen LogP contribution in [0.25, 0.3) is 0 Å². The molecule has 2 N–H and O–H groups in total. The lowest BCUT2D eigenvalue weighted by atomic mass is 10.2. The monoisotopic (exact) mass is 126 g/mol. The Morgan fingerprint density at radius 2 is 2.62 bits per heavy atom. The van der Waals surface area contributed by atoms with Gasteiger partial charge in [0.05, 0.1) is 0 Å². The third-order valence-corrected chi connectivity index (χ3v) is 1.60. The van der Waals surface area contributed by atoms with Crippen molar-refractivity contribution >= 4 is 11.3 Å². The first-order chi connectivity index (χ1) is 3.93. The van der Waals surface area contributed by atoms with Crippen molar-refractivity contribution in [2.24, 2.45) is 5.73 Å². The van der Waals surface area contributed by atoms with Gasteiger partial charge in [0.25, 0.3) is 0 Å². The first kappa shape index (κ1) is 5.79. The van der Waals surface area contributed by atoms with Crippen molar-refractivity contribution in [3.05, 3.63) is 28.8 Å². The molecule has 1 heterocycles. The Kier molecular flexibility index (Phi) is 2.06. The Morgan fingerprint density at radius 1 is 1.75 bits per heavy atom. The van der Waals surface area contributed by atoms with Crippen LogP contribution in [0.2, 0.25) is 0 Å². The van der Waals surface area contributed by atoms with Gasteiger partial charge in [-0.05, 0) is 28.9 Å². The molecule has 0 fully saturated rings. The molecule has 0 aromatic carbocycles. The Morgan fingerprint density at radius 3 is 3.12 bits per heavy atom. The molecule has 1 aromatic heterocycles. The summed E-state index contributed by atoms with van der Waals surface area (Å²) in [6.45, 7) is 0.636. The summed E-state index contributed by atoms with van der Waals surface area (Å²) in [6, 6.07) is 2.05. The Bertz CT molecular complexity index is 134. The van der Waals surface area contributed by atoms with Gasteiger partial charge in [-0.15, -0.1) is 0 Å². The summed E-state index contributed by atoms with van der Waals surface area (Å²) in [5, 5.41) is 4.12. The van der Waals surface area contributed by atoms with Gasteiger partial charge >= 0.3 is 0 Å². The predicted molar refractivity (Wildman–Crippen MR) is 36.8 cm³/mol. The zero-order valence-corrected chi connectivity index (χ0v) is 5.32. The molecule has 1 nitrogen and oxygen atoms in total. The molecule has 0 aliphatic heterocycles. The van der Waals surface area contributed by atoms with Crippen LogP contribution < -0.4 is 5.73 Å². The van der Waals surface area contributed by atoms with Gasteiger partial charge in [0, 0.05) is 6.42 Å². The van der Waals surface area contributed by atoms with Crippen molar-refractivity contribution in [3.8, 4) is 0 Å². The van der Waals surface area contributed by atoms with E-state index < -0.39 is 0 Å². The van der Waals surface area contributed by atoms with Gasteiger partial charge in [-0.2, -0.15) is 11.3 Å². The van der Waals surface area contributed by atoms with E-state index >= 15 is 0 Å². The van der Waals surface area contributed by atoms with E-state index in [0.29, 0.717) is 6.54 Å². The first-order valence-electron chi connectivity index (χ1n) is 2.49. The Labute approximate surface area is 53.1 Å². The van der Waals surface area contributed by atoms with Gasteiger partial charge in [0.1, 0.15) is 0 Å². The number of nitrogens with two attached hydrogens (primary N) is 1. The molecule has 1 rings (SSSR count). The SMILES string of the molecule is NC[CH]c1ccsc1. The molecule has 0 aliphatic rings. The summed E-state index contributed by atoms with van der Waals surface area (Å²) >= 11 is 1.69. The maximum atomic E-state index is 5.27. The van der Waals surface area contributed by atoms with Gasteiger partial charge in [0.2, 0.25) is 0 Å². The standard InChI is InChI=1S/C6H8NS/c7-3-1-6-2-4-8-5-6/h1-2,4-5H,3,7H2. The second-order valence-electron chi connectivity index (χ2n) is 1.50. The molecule has 8 heavy (non-hydrogen) atoms. The van der Waals surface area contributed by atoms with Crippen LogP contribution in [-0.2, 0) is 0 Å². The van der Waals surface area contributed by atoms with Crippen LogP contribution in [0.4, 0.5) is 0 Å². The van der Waals surface area contributed by atoms with Crippen LogP contribution in [0.1, 0.15) is 5.56 Å². The summed E-state index contributed by atoms with van der Waals surface area (Å²) < 4.78 is 0. The van der Waals surface area contributed by atoms with E-state index in [1.165, 1.54) is 5.56 Å². The molecule has 0 atom stereocenters. The molecule has 1 radical (unpaired) electrons. The lowest BCUT2D eigenvalue weighted by Gasteiger charge is -1.85. The second-order valence-corrected chi connectivity index (χ2v) is 2.28. The zero-order chi connectivity index (χ0) is 5.82. The molecule has 0 spiro atoms. The summed E-state index contributed by atoms with van der Waals surface area (Å²) in [6.07, 6.45) is 2.00. The quantitative estimate of drug-likeness (QED) is 0.634. The van der Waals surface area contributed by atoms with Gasteiger partial charge < -0.3 is 5.73 Å². The fourth-order valence-corrected chi connectivity index (χ4v) is 1.17. The third-order valence-electron chi connectivity index (χ3n) is 0.897. The summed E-state index contributed by atoms with van der Waals surface area (Å²) in [7, 11) is 0. The van der Waals surface area contributed by atoms with E-state index in [-0.39, 0.29) is 0 Å². The maximum absolute atomic E-state index is 5.27. The number of hydrogen-bond donors (Lipinski definition) is 1. The topological polar surface area (TPSA) is 26.0 Å². The van der Waals surface area contributed by atoms with Gasteiger partial charge in [0.15, 0.2) is 0 Å². The molecule has 2 heteroatoms. The van der Waals surface area contributed by atoms with Crippen LogP contribution in [0.3, 0.4) is 0 Å². The van der Waals surface area contributed by atoms with E-state index in [1.807, 2.05) is 11.8 Å². The summed E-state index contributed by atoms with van der Waals surface area (Å²) in [4.78, 5) is 0. The molecule has 0 aliphatic carbocycles. The van der Waals surface area contributed by atoms with Crippen molar-refractivity contribution in [1.29, 1.82) is 0 Å².